The normalized spacial score (nSPS) is 11.8. The van der Waals surface area contributed by atoms with Crippen LogP contribution in [0.2, 0.25) is 0 Å². The van der Waals surface area contributed by atoms with E-state index in [1.807, 2.05) is 30.3 Å². The third-order valence-electron chi connectivity index (χ3n) is 2.73. The molecule has 2 aromatic rings. The zero-order chi connectivity index (χ0) is 13.2. The van der Waals surface area contributed by atoms with Gasteiger partial charge in [-0.3, -0.25) is 0 Å². The van der Waals surface area contributed by atoms with Crippen LogP contribution in [0.4, 0.5) is 11.4 Å². The maximum Gasteiger partial charge on any atom is 0.335 e. The molecular weight excluding hydrogens is 258 g/mol. The molecule has 0 aliphatic carbocycles. The van der Waals surface area contributed by atoms with Crippen LogP contribution in [-0.2, 0) is 4.79 Å². The number of anilines is 2. The Morgan fingerprint density at radius 1 is 1.16 bits per heavy atom. The topological polar surface area (TPSA) is 38.3 Å². The molecule has 0 saturated heterocycles. The van der Waals surface area contributed by atoms with E-state index in [-0.39, 0.29) is 0 Å². The van der Waals surface area contributed by atoms with Crippen molar-refractivity contribution in [2.45, 2.75) is 9.79 Å². The molecule has 4 heteroatoms. The minimum Gasteiger partial charge on any atom is -0.421 e. The third-order valence-corrected chi connectivity index (χ3v) is 3.87. The molecule has 1 heterocycles. The second-order valence-electron chi connectivity index (χ2n) is 3.98. The SMILES string of the molecule is C=CC(=O)Oc1cccc2c1Nc1ccccc1S2. The lowest BCUT2D eigenvalue weighted by Gasteiger charge is -2.22. The van der Waals surface area contributed by atoms with E-state index in [2.05, 4.69) is 18.0 Å². The van der Waals surface area contributed by atoms with Crippen LogP contribution >= 0.6 is 11.8 Å². The first kappa shape index (κ1) is 11.9. The van der Waals surface area contributed by atoms with E-state index in [0.717, 1.165) is 27.2 Å². The average Bonchev–Trinajstić information content (AvgIpc) is 2.45. The molecule has 1 aliphatic rings. The smallest absolute Gasteiger partial charge is 0.335 e. The lowest BCUT2D eigenvalue weighted by atomic mass is 10.2. The van der Waals surface area contributed by atoms with Crippen molar-refractivity contribution in [1.82, 2.24) is 0 Å². The molecule has 2 aromatic carbocycles. The van der Waals surface area contributed by atoms with E-state index in [0.29, 0.717) is 5.75 Å². The van der Waals surface area contributed by atoms with Crippen LogP contribution in [0.5, 0.6) is 5.75 Å². The zero-order valence-corrected chi connectivity index (χ0v) is 10.9. The molecule has 0 unspecified atom stereocenters. The first-order valence-electron chi connectivity index (χ1n) is 5.79. The molecule has 0 aromatic heterocycles. The molecule has 19 heavy (non-hydrogen) atoms. The number of nitrogens with one attached hydrogen (secondary N) is 1. The van der Waals surface area contributed by atoms with Crippen LogP contribution in [0.15, 0.2) is 64.9 Å². The van der Waals surface area contributed by atoms with Gasteiger partial charge in [0.25, 0.3) is 0 Å². The van der Waals surface area contributed by atoms with Crippen LogP contribution in [0.3, 0.4) is 0 Å². The molecule has 3 nitrogen and oxygen atoms in total. The average molecular weight is 269 g/mol. The number of para-hydroxylation sites is 2. The number of ether oxygens (including phenoxy) is 1. The van der Waals surface area contributed by atoms with Gasteiger partial charge < -0.3 is 10.1 Å². The molecule has 94 valence electrons. The predicted octanol–water partition coefficient (Wildman–Crippen LogP) is 3.99. The van der Waals surface area contributed by atoms with Gasteiger partial charge in [0, 0.05) is 15.9 Å². The number of fused-ring (bicyclic) bond motifs is 2. The molecular formula is C15H11NO2S. The van der Waals surface area contributed by atoms with Gasteiger partial charge in [0.05, 0.1) is 11.4 Å². The summed E-state index contributed by atoms with van der Waals surface area (Å²) in [7, 11) is 0. The molecule has 0 radical (unpaired) electrons. The Hall–Kier alpha value is -2.20. The van der Waals surface area contributed by atoms with Crippen molar-refractivity contribution in [3.8, 4) is 5.75 Å². The second kappa shape index (κ2) is 4.82. The van der Waals surface area contributed by atoms with Gasteiger partial charge >= 0.3 is 5.97 Å². The summed E-state index contributed by atoms with van der Waals surface area (Å²) >= 11 is 1.65. The Balaban J connectivity index is 2.01. The van der Waals surface area contributed by atoms with Crippen LogP contribution in [0.25, 0.3) is 0 Å². The summed E-state index contributed by atoms with van der Waals surface area (Å²) in [4.78, 5) is 13.5. The minimum absolute atomic E-state index is 0.459. The monoisotopic (exact) mass is 269 g/mol. The van der Waals surface area contributed by atoms with Gasteiger partial charge in [0.1, 0.15) is 0 Å². The number of benzene rings is 2. The van der Waals surface area contributed by atoms with E-state index in [4.69, 9.17) is 4.74 Å². The standard InChI is InChI=1S/C15H11NO2S/c1-2-14(17)18-11-7-5-9-13-15(11)16-10-6-3-4-8-12(10)19-13/h2-9,16H,1H2. The summed E-state index contributed by atoms with van der Waals surface area (Å²) in [6, 6.07) is 13.6. The minimum atomic E-state index is -0.459. The first-order valence-corrected chi connectivity index (χ1v) is 6.61. The fourth-order valence-corrected chi connectivity index (χ4v) is 2.88. The quantitative estimate of drug-likeness (QED) is 0.434. The van der Waals surface area contributed by atoms with E-state index >= 15 is 0 Å². The van der Waals surface area contributed by atoms with Gasteiger partial charge in [-0.05, 0) is 24.3 Å². The second-order valence-corrected chi connectivity index (χ2v) is 5.06. The molecule has 0 spiro atoms. The molecule has 3 rings (SSSR count). The molecule has 0 bridgehead atoms. The Morgan fingerprint density at radius 3 is 2.79 bits per heavy atom. The Kier molecular flexibility index (Phi) is 3.01. The third kappa shape index (κ3) is 2.22. The predicted molar refractivity (Wildman–Crippen MR) is 76.1 cm³/mol. The summed E-state index contributed by atoms with van der Waals surface area (Å²) in [5, 5.41) is 3.31. The summed E-state index contributed by atoms with van der Waals surface area (Å²) in [5.74, 6) is 0.0588. The van der Waals surface area contributed by atoms with Crippen molar-refractivity contribution in [2.75, 3.05) is 5.32 Å². The van der Waals surface area contributed by atoms with E-state index < -0.39 is 5.97 Å². The highest BCUT2D eigenvalue weighted by Crippen LogP contribution is 2.47. The molecule has 0 saturated carbocycles. The van der Waals surface area contributed by atoms with Crippen molar-refractivity contribution in [3.63, 3.8) is 0 Å². The number of rotatable bonds is 2. The van der Waals surface area contributed by atoms with Crippen molar-refractivity contribution >= 4 is 29.1 Å². The van der Waals surface area contributed by atoms with Gasteiger partial charge in [-0.2, -0.15) is 0 Å². The Labute approximate surface area is 115 Å². The van der Waals surface area contributed by atoms with Crippen molar-refractivity contribution in [3.05, 3.63) is 55.1 Å². The molecule has 0 amide bonds. The lowest BCUT2D eigenvalue weighted by Crippen LogP contribution is -2.07. The maximum atomic E-state index is 11.3. The van der Waals surface area contributed by atoms with E-state index in [9.17, 15) is 4.79 Å². The molecule has 1 N–H and O–H groups in total. The van der Waals surface area contributed by atoms with Crippen LogP contribution in [0.1, 0.15) is 0 Å². The summed E-state index contributed by atoms with van der Waals surface area (Å²) in [6.07, 6.45) is 1.16. The Morgan fingerprint density at radius 2 is 1.95 bits per heavy atom. The summed E-state index contributed by atoms with van der Waals surface area (Å²) < 4.78 is 5.24. The van der Waals surface area contributed by atoms with Crippen LogP contribution in [-0.4, -0.2) is 5.97 Å². The lowest BCUT2D eigenvalue weighted by molar-refractivity contribution is -0.128. The van der Waals surface area contributed by atoms with Gasteiger partial charge in [-0.1, -0.05) is 36.5 Å². The molecule has 0 fully saturated rings. The summed E-state index contributed by atoms with van der Waals surface area (Å²) in [6.45, 7) is 3.40. The highest BCUT2D eigenvalue weighted by atomic mass is 32.2. The van der Waals surface area contributed by atoms with Gasteiger partial charge in [-0.25, -0.2) is 4.79 Å². The number of hydrogen-bond donors (Lipinski definition) is 1. The fraction of sp³-hybridized carbons (Fsp3) is 0. The van der Waals surface area contributed by atoms with Crippen LogP contribution < -0.4 is 10.1 Å². The largest absolute Gasteiger partial charge is 0.421 e. The fourth-order valence-electron chi connectivity index (χ4n) is 1.87. The number of carbonyl (C=O) groups excluding carboxylic acids is 1. The molecule has 1 aliphatic heterocycles. The van der Waals surface area contributed by atoms with Crippen molar-refractivity contribution in [1.29, 1.82) is 0 Å². The van der Waals surface area contributed by atoms with Gasteiger partial charge in [0.2, 0.25) is 0 Å². The molecule has 0 atom stereocenters. The van der Waals surface area contributed by atoms with E-state index in [1.54, 1.807) is 17.8 Å². The van der Waals surface area contributed by atoms with Gasteiger partial charge in [0.15, 0.2) is 5.75 Å². The van der Waals surface area contributed by atoms with Crippen molar-refractivity contribution in [2.24, 2.45) is 0 Å². The van der Waals surface area contributed by atoms with Gasteiger partial charge in [-0.15, -0.1) is 0 Å². The van der Waals surface area contributed by atoms with E-state index in [1.165, 1.54) is 0 Å². The maximum absolute atomic E-state index is 11.3. The zero-order valence-electron chi connectivity index (χ0n) is 10.1. The van der Waals surface area contributed by atoms with Crippen molar-refractivity contribution < 1.29 is 9.53 Å². The van der Waals surface area contributed by atoms with Crippen LogP contribution in [0, 0.1) is 0 Å². The number of esters is 1. The Bertz CT molecular complexity index is 667. The number of hydrogen-bond acceptors (Lipinski definition) is 4. The summed E-state index contributed by atoms with van der Waals surface area (Å²) in [5.41, 5.74) is 1.84. The highest BCUT2D eigenvalue weighted by molar-refractivity contribution is 7.99. The number of carbonyl (C=O) groups is 1. The highest BCUT2D eigenvalue weighted by Gasteiger charge is 2.19. The first-order chi connectivity index (χ1) is 9.28.